The summed E-state index contributed by atoms with van der Waals surface area (Å²) in [6, 6.07) is 9.32. The van der Waals surface area contributed by atoms with Crippen molar-refractivity contribution in [3.05, 3.63) is 51.9 Å². The molecule has 5 nitrogen and oxygen atoms in total. The number of nitrogens with zero attached hydrogens (tertiary/aromatic N) is 4. The molecule has 0 unspecified atom stereocenters. The summed E-state index contributed by atoms with van der Waals surface area (Å²) in [5.41, 5.74) is 1.73. The normalized spacial score (nSPS) is 14.0. The monoisotopic (exact) mass is 370 g/mol. The molecule has 0 spiro atoms. The summed E-state index contributed by atoms with van der Waals surface area (Å²) in [6.07, 6.45) is 6.43. The molecular weight excluding hydrogens is 348 g/mol. The first-order valence-corrected chi connectivity index (χ1v) is 9.69. The van der Waals surface area contributed by atoms with Gasteiger partial charge in [-0.2, -0.15) is 0 Å². The first-order valence-electron chi connectivity index (χ1n) is 9.31. The Morgan fingerprint density at radius 2 is 1.92 bits per heavy atom. The minimum atomic E-state index is -0.0265. The second-order valence-electron chi connectivity index (χ2n) is 6.84. The molecule has 3 aromatic rings. The van der Waals surface area contributed by atoms with Crippen molar-refractivity contribution in [2.45, 2.75) is 39.2 Å². The van der Waals surface area contributed by atoms with E-state index in [1.807, 2.05) is 30.5 Å². The lowest BCUT2D eigenvalue weighted by Crippen LogP contribution is -2.40. The highest BCUT2D eigenvalue weighted by atomic mass is 35.5. The van der Waals surface area contributed by atoms with Gasteiger partial charge in [0.2, 0.25) is 5.78 Å². The van der Waals surface area contributed by atoms with E-state index in [0.29, 0.717) is 5.02 Å². The number of anilines is 1. The number of hydrogen-bond donors (Lipinski definition) is 0. The molecule has 2 aromatic heterocycles. The number of rotatable bonds is 6. The number of imidazole rings is 1. The molecule has 6 heteroatoms. The van der Waals surface area contributed by atoms with Crippen molar-refractivity contribution in [2.24, 2.45) is 0 Å². The summed E-state index contributed by atoms with van der Waals surface area (Å²) < 4.78 is 3.87. The highest BCUT2D eigenvalue weighted by molar-refractivity contribution is 6.30. The molecule has 0 aliphatic carbocycles. The molecular formula is C20H23ClN4O. The van der Waals surface area contributed by atoms with Crippen LogP contribution < -0.4 is 10.5 Å². The minimum absolute atomic E-state index is 0.0265. The van der Waals surface area contributed by atoms with Gasteiger partial charge in [-0.05, 0) is 25.0 Å². The van der Waals surface area contributed by atoms with Crippen LogP contribution >= 0.6 is 11.6 Å². The molecule has 1 fully saturated rings. The van der Waals surface area contributed by atoms with Gasteiger partial charge < -0.3 is 4.90 Å². The third kappa shape index (κ3) is 3.12. The summed E-state index contributed by atoms with van der Waals surface area (Å²) in [5.74, 6) is 1.72. The summed E-state index contributed by atoms with van der Waals surface area (Å²) in [5, 5.41) is 0.691. The Bertz CT molecular complexity index is 970. The smallest absolute Gasteiger partial charge is 0.261 e. The largest absolute Gasteiger partial charge is 0.358 e. The molecule has 3 heterocycles. The fourth-order valence-corrected chi connectivity index (χ4v) is 3.51. The van der Waals surface area contributed by atoms with Crippen LogP contribution in [0.3, 0.4) is 0 Å². The molecule has 0 N–H and O–H groups in total. The first kappa shape index (κ1) is 17.2. The average molecular weight is 371 g/mol. The lowest BCUT2D eigenvalue weighted by Gasteiger charge is -2.35. The van der Waals surface area contributed by atoms with Gasteiger partial charge in [0.25, 0.3) is 5.56 Å². The third-order valence-corrected chi connectivity index (χ3v) is 5.25. The number of benzene rings is 1. The van der Waals surface area contributed by atoms with E-state index in [0.717, 1.165) is 48.9 Å². The van der Waals surface area contributed by atoms with Crippen molar-refractivity contribution in [1.29, 1.82) is 0 Å². The van der Waals surface area contributed by atoms with Crippen LogP contribution in [0.5, 0.6) is 0 Å². The second kappa shape index (κ2) is 7.16. The second-order valence-corrected chi connectivity index (χ2v) is 7.28. The summed E-state index contributed by atoms with van der Waals surface area (Å²) in [6.45, 7) is 5.09. The standard InChI is InChI=1S/C20H23ClN4O/c1-2-3-4-12-24-18(23-10-5-11-23)13-19(26)25-14-17(22-20(24)25)15-6-8-16(21)9-7-15/h6-9,13-14H,2-5,10-12H2,1H3. The van der Waals surface area contributed by atoms with E-state index in [2.05, 4.69) is 16.4 Å². The van der Waals surface area contributed by atoms with Crippen molar-refractivity contribution in [3.8, 4) is 11.3 Å². The summed E-state index contributed by atoms with van der Waals surface area (Å²) in [4.78, 5) is 19.8. The molecule has 0 saturated carbocycles. The van der Waals surface area contributed by atoms with Crippen LogP contribution in [0.2, 0.25) is 5.02 Å². The van der Waals surface area contributed by atoms with E-state index in [4.69, 9.17) is 16.6 Å². The van der Waals surface area contributed by atoms with Gasteiger partial charge in [-0.1, -0.05) is 43.5 Å². The van der Waals surface area contributed by atoms with Crippen LogP contribution in [-0.4, -0.2) is 27.0 Å². The Morgan fingerprint density at radius 3 is 2.58 bits per heavy atom. The zero-order chi connectivity index (χ0) is 18.1. The summed E-state index contributed by atoms with van der Waals surface area (Å²) in [7, 11) is 0. The van der Waals surface area contributed by atoms with E-state index in [1.54, 1.807) is 10.5 Å². The van der Waals surface area contributed by atoms with E-state index in [1.165, 1.54) is 19.3 Å². The topological polar surface area (TPSA) is 42.5 Å². The van der Waals surface area contributed by atoms with Gasteiger partial charge >= 0.3 is 0 Å². The number of unbranched alkanes of at least 4 members (excludes halogenated alkanes) is 2. The highest BCUT2D eigenvalue weighted by Gasteiger charge is 2.21. The maximum atomic E-state index is 12.7. The summed E-state index contributed by atoms with van der Waals surface area (Å²) >= 11 is 5.99. The quantitative estimate of drug-likeness (QED) is 0.610. The molecule has 1 saturated heterocycles. The average Bonchev–Trinajstić information content (AvgIpc) is 3.03. The third-order valence-electron chi connectivity index (χ3n) is 5.00. The highest BCUT2D eigenvalue weighted by Crippen LogP contribution is 2.25. The van der Waals surface area contributed by atoms with Crippen LogP contribution in [0.15, 0.2) is 41.3 Å². The zero-order valence-electron chi connectivity index (χ0n) is 15.0. The maximum Gasteiger partial charge on any atom is 0.261 e. The fraction of sp³-hybridized carbons (Fsp3) is 0.400. The molecule has 0 atom stereocenters. The molecule has 0 bridgehead atoms. The molecule has 136 valence electrons. The maximum absolute atomic E-state index is 12.7. The Kier molecular flexibility index (Phi) is 4.72. The molecule has 1 aliphatic heterocycles. The number of aromatic nitrogens is 3. The van der Waals surface area contributed by atoms with Crippen molar-refractivity contribution >= 4 is 23.2 Å². The Balaban J connectivity index is 1.83. The molecule has 1 aromatic carbocycles. The molecule has 0 radical (unpaired) electrons. The van der Waals surface area contributed by atoms with Crippen molar-refractivity contribution in [3.63, 3.8) is 0 Å². The minimum Gasteiger partial charge on any atom is -0.358 e. The van der Waals surface area contributed by atoms with Gasteiger partial charge in [-0.25, -0.2) is 4.98 Å². The molecule has 4 rings (SSSR count). The van der Waals surface area contributed by atoms with Gasteiger partial charge in [-0.3, -0.25) is 13.8 Å². The van der Waals surface area contributed by atoms with Gasteiger partial charge in [-0.15, -0.1) is 0 Å². The molecule has 1 aliphatic rings. The lowest BCUT2D eigenvalue weighted by atomic mass is 10.2. The van der Waals surface area contributed by atoms with Gasteiger partial charge in [0, 0.05) is 42.5 Å². The predicted molar refractivity (Wildman–Crippen MR) is 106 cm³/mol. The predicted octanol–water partition coefficient (Wildman–Crippen LogP) is 4.22. The van der Waals surface area contributed by atoms with Crippen molar-refractivity contribution in [1.82, 2.24) is 14.0 Å². The zero-order valence-corrected chi connectivity index (χ0v) is 15.7. The van der Waals surface area contributed by atoms with Crippen LogP contribution in [-0.2, 0) is 6.54 Å². The van der Waals surface area contributed by atoms with E-state index < -0.39 is 0 Å². The SMILES string of the molecule is CCCCCn1c(N2CCC2)cc(=O)n2cc(-c3ccc(Cl)cc3)nc12. The Hall–Kier alpha value is -2.27. The molecule has 26 heavy (non-hydrogen) atoms. The van der Waals surface area contributed by atoms with Crippen LogP contribution in [0.4, 0.5) is 5.82 Å². The van der Waals surface area contributed by atoms with Crippen molar-refractivity contribution < 1.29 is 0 Å². The number of hydrogen-bond acceptors (Lipinski definition) is 3. The first-order chi connectivity index (χ1) is 12.7. The van der Waals surface area contributed by atoms with Crippen molar-refractivity contribution in [2.75, 3.05) is 18.0 Å². The Morgan fingerprint density at radius 1 is 1.15 bits per heavy atom. The fourth-order valence-electron chi connectivity index (χ4n) is 3.38. The van der Waals surface area contributed by atoms with E-state index >= 15 is 0 Å². The van der Waals surface area contributed by atoms with Gasteiger partial charge in [0.05, 0.1) is 5.69 Å². The number of fused-ring (bicyclic) bond motifs is 1. The van der Waals surface area contributed by atoms with Crippen LogP contribution in [0, 0.1) is 0 Å². The lowest BCUT2D eigenvalue weighted by molar-refractivity contribution is 0.553. The molecule has 0 amide bonds. The Labute approximate surface area is 157 Å². The van der Waals surface area contributed by atoms with E-state index in [-0.39, 0.29) is 5.56 Å². The number of aryl methyl sites for hydroxylation is 1. The number of halogens is 1. The van der Waals surface area contributed by atoms with Gasteiger partial charge in [0.1, 0.15) is 5.82 Å². The van der Waals surface area contributed by atoms with Crippen LogP contribution in [0.1, 0.15) is 32.6 Å². The van der Waals surface area contributed by atoms with Crippen LogP contribution in [0.25, 0.3) is 17.0 Å². The van der Waals surface area contributed by atoms with E-state index in [9.17, 15) is 4.79 Å². The van der Waals surface area contributed by atoms with Gasteiger partial charge in [0.15, 0.2) is 0 Å².